The number of carbonyl (C=O) groups is 4. The Morgan fingerprint density at radius 2 is 1.61 bits per heavy atom. The molecule has 4 aromatic rings. The van der Waals surface area contributed by atoms with Crippen LogP contribution in [-0.2, 0) is 45.5 Å². The van der Waals surface area contributed by atoms with Crippen LogP contribution in [0.15, 0.2) is 64.5 Å². The van der Waals surface area contributed by atoms with Gasteiger partial charge in [0, 0.05) is 43.0 Å². The summed E-state index contributed by atoms with van der Waals surface area (Å²) < 4.78 is 19.1. The Bertz CT molecular complexity index is 2510. The molecule has 3 aliphatic rings. The molecule has 4 amide bonds. The van der Waals surface area contributed by atoms with Gasteiger partial charge in [0.1, 0.15) is 24.5 Å². The standard InChI is InChI=1S/C50H66ClN9O8S2/c1-29-31(3)70-47-41(29)42(34-13-15-36(51)16-14-34)56-50(8,48-58-57-32(4)60(47)48)24-39(62)52-17-18-66-19-20-67-21-22-68-27-40(63)55-44(49(5,6)7)46(65)59-26-37(61)23-38(59)45(64)53-25-33-9-11-35(12-10-33)43-30(2)54-28-69-43/h9-16,28,37-38,41-42,44,47,56,61H,17-27H2,1-8H3,(H,52,62)(H,53,64)(H,55,63)/t37-,38+,41?,42?,44-,47?,50+/m1/s1. The van der Waals surface area contributed by atoms with Crippen LogP contribution in [0.2, 0.25) is 5.02 Å². The summed E-state index contributed by atoms with van der Waals surface area (Å²) in [5.74, 6) is 0.133. The number of hydrogen-bond donors (Lipinski definition) is 5. The predicted octanol–water partition coefficient (Wildman–Crippen LogP) is 5.75. The van der Waals surface area contributed by atoms with Crippen LogP contribution in [0.1, 0.15) is 94.3 Å². The molecule has 378 valence electrons. The van der Waals surface area contributed by atoms with E-state index >= 15 is 0 Å². The first kappa shape index (κ1) is 53.1. The number of rotatable bonds is 20. The Labute approximate surface area is 423 Å². The largest absolute Gasteiger partial charge is 0.391 e. The van der Waals surface area contributed by atoms with Gasteiger partial charge in [0.15, 0.2) is 5.82 Å². The molecule has 17 nitrogen and oxygen atoms in total. The van der Waals surface area contributed by atoms with Crippen LogP contribution < -0.4 is 21.3 Å². The number of aliphatic hydroxyl groups excluding tert-OH is 1. The summed E-state index contributed by atoms with van der Waals surface area (Å²) in [6, 6.07) is 13.8. The molecule has 7 atom stereocenters. The highest BCUT2D eigenvalue weighted by molar-refractivity contribution is 8.03. The van der Waals surface area contributed by atoms with Crippen molar-refractivity contribution >= 4 is 58.3 Å². The number of nitrogens with one attached hydrogen (secondary N) is 4. The van der Waals surface area contributed by atoms with E-state index < -0.39 is 41.0 Å². The van der Waals surface area contributed by atoms with Gasteiger partial charge in [0.05, 0.1) is 72.6 Å². The Morgan fingerprint density at radius 1 is 0.929 bits per heavy atom. The third-order valence-corrected chi connectivity index (χ3v) is 15.8. The number of halogens is 1. The number of thioether (sulfide) groups is 1. The molecule has 1 fully saturated rings. The zero-order valence-electron chi connectivity index (χ0n) is 41.2. The number of amides is 4. The van der Waals surface area contributed by atoms with Gasteiger partial charge in [-0.25, -0.2) is 4.98 Å². The number of aromatic nitrogens is 4. The SMILES string of the molecule is CC1=C(C)C2C(c3ccc(Cl)cc3)N[C@@](C)(CC(=O)NCCOCCOCCOCC(=O)N[C@H](C(=O)N3C[C@H](O)C[C@H]3C(=O)NCc3ccc(-c4scnc4C)cc3)C(C)(C)C)c3nnc(C)n3C2S1. The normalized spacial score (nSPS) is 22.6. The summed E-state index contributed by atoms with van der Waals surface area (Å²) in [5.41, 5.74) is 5.53. The van der Waals surface area contributed by atoms with Gasteiger partial charge in [-0.2, -0.15) is 0 Å². The average molecular weight is 1020 g/mol. The number of benzene rings is 2. The number of β-amino-alcohol motifs (C(OH)–C–C–N with tert-alkyl or cyclic N) is 1. The third-order valence-electron chi connectivity index (χ3n) is 13.1. The molecule has 7 rings (SSSR count). The smallest absolute Gasteiger partial charge is 0.246 e. The highest BCUT2D eigenvalue weighted by atomic mass is 35.5. The second-order valence-corrected chi connectivity index (χ2v) is 22.1. The summed E-state index contributed by atoms with van der Waals surface area (Å²) in [7, 11) is 0. The molecule has 3 aliphatic heterocycles. The van der Waals surface area contributed by atoms with Crippen LogP contribution in [0.25, 0.3) is 10.4 Å². The first-order valence-electron chi connectivity index (χ1n) is 23.7. The van der Waals surface area contributed by atoms with Crippen LogP contribution in [0.5, 0.6) is 0 Å². The molecule has 0 bridgehead atoms. The molecule has 0 aliphatic carbocycles. The minimum absolute atomic E-state index is 0.0260. The molecule has 0 spiro atoms. The van der Waals surface area contributed by atoms with Gasteiger partial charge in [0.2, 0.25) is 23.6 Å². The van der Waals surface area contributed by atoms with E-state index in [2.05, 4.69) is 54.9 Å². The molecule has 0 radical (unpaired) electrons. The van der Waals surface area contributed by atoms with Gasteiger partial charge in [-0.05, 0) is 73.8 Å². The van der Waals surface area contributed by atoms with E-state index in [0.717, 1.165) is 38.9 Å². The molecular weight excluding hydrogens is 954 g/mol. The summed E-state index contributed by atoms with van der Waals surface area (Å²) in [6.45, 7) is 17.1. The van der Waals surface area contributed by atoms with Crippen molar-refractivity contribution in [2.24, 2.45) is 11.3 Å². The van der Waals surface area contributed by atoms with E-state index in [9.17, 15) is 24.3 Å². The van der Waals surface area contributed by atoms with E-state index in [1.54, 1.807) is 11.3 Å². The quantitative estimate of drug-likeness (QED) is 0.0669. The van der Waals surface area contributed by atoms with Gasteiger partial charge >= 0.3 is 0 Å². The fourth-order valence-corrected chi connectivity index (χ4v) is 11.8. The van der Waals surface area contributed by atoms with Crippen LogP contribution >= 0.6 is 34.7 Å². The lowest BCUT2D eigenvalue weighted by Crippen LogP contribution is -2.58. The zero-order valence-corrected chi connectivity index (χ0v) is 43.6. The minimum atomic E-state index is -0.981. The fraction of sp³-hybridized carbons (Fsp3) is 0.540. The third kappa shape index (κ3) is 12.6. The van der Waals surface area contributed by atoms with E-state index in [4.69, 9.17) is 25.8 Å². The van der Waals surface area contributed by atoms with Crippen molar-refractivity contribution in [3.63, 3.8) is 0 Å². The van der Waals surface area contributed by atoms with E-state index in [0.29, 0.717) is 11.6 Å². The molecule has 3 unspecified atom stereocenters. The molecular formula is C50H66ClN9O8S2. The number of aliphatic hydroxyl groups is 1. The molecule has 20 heteroatoms. The van der Waals surface area contributed by atoms with Crippen LogP contribution in [-0.4, -0.2) is 124 Å². The van der Waals surface area contributed by atoms with Crippen molar-refractivity contribution in [3.8, 4) is 10.4 Å². The molecule has 5 heterocycles. The lowest BCUT2D eigenvalue weighted by molar-refractivity contribution is -0.144. The number of nitrogens with zero attached hydrogens (tertiary/aromatic N) is 5. The summed E-state index contributed by atoms with van der Waals surface area (Å²) in [4.78, 5) is 62.0. The second kappa shape index (κ2) is 23.2. The highest BCUT2D eigenvalue weighted by Crippen LogP contribution is 2.56. The van der Waals surface area contributed by atoms with Crippen molar-refractivity contribution in [2.75, 3.05) is 52.7 Å². The molecule has 70 heavy (non-hydrogen) atoms. The summed E-state index contributed by atoms with van der Waals surface area (Å²) in [6.07, 6.45) is -0.665. The van der Waals surface area contributed by atoms with E-state index in [-0.39, 0.29) is 94.7 Å². The topological polar surface area (TPSA) is 211 Å². The number of likely N-dealkylation sites (tertiary alicyclic amines) is 1. The number of fused-ring (bicyclic) bond motifs is 3. The maximum atomic E-state index is 14.0. The van der Waals surface area contributed by atoms with Gasteiger partial charge < -0.3 is 40.2 Å². The average Bonchev–Trinajstić information content (AvgIpc) is 4.09. The number of aryl methyl sites for hydroxylation is 2. The van der Waals surface area contributed by atoms with Crippen LogP contribution in [0.4, 0.5) is 0 Å². The summed E-state index contributed by atoms with van der Waals surface area (Å²) >= 11 is 9.67. The number of allylic oxidation sites excluding steroid dienone is 1. The minimum Gasteiger partial charge on any atom is -0.391 e. The van der Waals surface area contributed by atoms with E-state index in [1.807, 2.05) is 107 Å². The lowest BCUT2D eigenvalue weighted by Gasteiger charge is -2.35. The second-order valence-electron chi connectivity index (χ2n) is 19.5. The van der Waals surface area contributed by atoms with Crippen molar-refractivity contribution in [1.82, 2.24) is 45.9 Å². The molecule has 1 saturated heterocycles. The highest BCUT2D eigenvalue weighted by Gasteiger charge is 2.50. The first-order valence-corrected chi connectivity index (χ1v) is 25.8. The lowest BCUT2D eigenvalue weighted by atomic mass is 9.85. The Morgan fingerprint density at radius 3 is 2.29 bits per heavy atom. The molecule has 0 saturated carbocycles. The van der Waals surface area contributed by atoms with Crippen molar-refractivity contribution in [3.05, 3.63) is 98.0 Å². The number of hydrogen-bond acceptors (Lipinski definition) is 14. The Hall–Kier alpha value is -4.73. The molecule has 2 aromatic carbocycles. The monoisotopic (exact) mass is 1020 g/mol. The van der Waals surface area contributed by atoms with Crippen molar-refractivity contribution in [1.29, 1.82) is 0 Å². The van der Waals surface area contributed by atoms with Gasteiger partial charge in [-0.1, -0.05) is 74.3 Å². The number of thiazole rings is 1. The maximum absolute atomic E-state index is 14.0. The summed E-state index contributed by atoms with van der Waals surface area (Å²) in [5, 5.41) is 32.9. The first-order chi connectivity index (χ1) is 33.3. The van der Waals surface area contributed by atoms with E-state index in [1.165, 1.54) is 15.4 Å². The van der Waals surface area contributed by atoms with Gasteiger partial charge in [0.25, 0.3) is 0 Å². The zero-order chi connectivity index (χ0) is 50.3. The predicted molar refractivity (Wildman–Crippen MR) is 270 cm³/mol. The molecule has 2 aromatic heterocycles. The van der Waals surface area contributed by atoms with Crippen molar-refractivity contribution in [2.45, 2.75) is 110 Å². The Kier molecular flexibility index (Phi) is 17.6. The van der Waals surface area contributed by atoms with Gasteiger partial charge in [-0.3, -0.25) is 29.1 Å². The number of ether oxygens (including phenoxy) is 3. The van der Waals surface area contributed by atoms with Crippen molar-refractivity contribution < 1.29 is 38.5 Å². The Balaban J connectivity index is 0.797. The van der Waals surface area contributed by atoms with Crippen LogP contribution in [0, 0.1) is 25.2 Å². The maximum Gasteiger partial charge on any atom is 0.246 e. The number of carbonyl (C=O) groups excluding carboxylic acids is 4. The van der Waals surface area contributed by atoms with Gasteiger partial charge in [-0.15, -0.1) is 33.3 Å². The van der Waals surface area contributed by atoms with Crippen LogP contribution in [0.3, 0.4) is 0 Å². The molecule has 5 N–H and O–H groups in total. The fourth-order valence-electron chi connectivity index (χ4n) is 9.30.